The number of nitrogens with one attached hydrogen (secondary N) is 2. The first-order valence-corrected chi connectivity index (χ1v) is 11.0. The average molecular weight is 478 g/mol. The first-order valence-electron chi connectivity index (χ1n) is 11.0. The van der Waals surface area contributed by atoms with Gasteiger partial charge in [-0.05, 0) is 24.8 Å². The zero-order chi connectivity index (χ0) is 25.3. The Kier molecular flexibility index (Phi) is 9.95. The molecule has 1 heterocycles. The molecule has 0 spiro atoms. The molecule has 2 rings (SSSR count). The van der Waals surface area contributed by atoms with Gasteiger partial charge in [0, 0.05) is 19.4 Å². The van der Waals surface area contributed by atoms with Gasteiger partial charge in [0.2, 0.25) is 23.6 Å². The number of hydrogen-bond donors (Lipinski definition) is 6. The van der Waals surface area contributed by atoms with Gasteiger partial charge in [-0.3, -0.25) is 19.2 Å². The van der Waals surface area contributed by atoms with Crippen molar-refractivity contribution >= 4 is 29.6 Å². The molecule has 12 nitrogen and oxygen atoms in total. The molecule has 1 aromatic carbocycles. The van der Waals surface area contributed by atoms with Gasteiger partial charge in [-0.25, -0.2) is 4.79 Å². The van der Waals surface area contributed by atoms with Crippen LogP contribution in [0.3, 0.4) is 0 Å². The molecule has 1 aliphatic rings. The van der Waals surface area contributed by atoms with Crippen LogP contribution in [0.2, 0.25) is 0 Å². The van der Waals surface area contributed by atoms with Gasteiger partial charge in [-0.1, -0.05) is 30.3 Å². The molecule has 0 bridgehead atoms. The van der Waals surface area contributed by atoms with Crippen molar-refractivity contribution in [2.24, 2.45) is 11.5 Å². The summed E-state index contributed by atoms with van der Waals surface area (Å²) in [5, 5.41) is 23.5. The van der Waals surface area contributed by atoms with Gasteiger partial charge in [0.1, 0.15) is 24.2 Å². The smallest absolute Gasteiger partial charge is 0.326 e. The van der Waals surface area contributed by atoms with Crippen LogP contribution in [0.15, 0.2) is 30.3 Å². The normalized spacial score (nSPS) is 17.9. The molecule has 8 N–H and O–H groups in total. The summed E-state index contributed by atoms with van der Waals surface area (Å²) in [6, 6.07) is 4.20. The summed E-state index contributed by atoms with van der Waals surface area (Å²) in [6.45, 7) is -0.416. The molecular weight excluding hydrogens is 446 g/mol. The summed E-state index contributed by atoms with van der Waals surface area (Å²) in [5.74, 6) is -3.96. The van der Waals surface area contributed by atoms with Crippen molar-refractivity contribution in [1.29, 1.82) is 0 Å². The van der Waals surface area contributed by atoms with E-state index in [-0.39, 0.29) is 25.8 Å². The highest BCUT2D eigenvalue weighted by atomic mass is 16.4. The van der Waals surface area contributed by atoms with Crippen LogP contribution in [-0.2, 0) is 30.4 Å². The molecule has 0 saturated carbocycles. The maximum Gasteiger partial charge on any atom is 0.326 e. The number of carbonyl (C=O) groups is 5. The number of aliphatic carboxylic acids is 1. The summed E-state index contributed by atoms with van der Waals surface area (Å²) >= 11 is 0. The van der Waals surface area contributed by atoms with Crippen LogP contribution in [0.5, 0.6) is 0 Å². The summed E-state index contributed by atoms with van der Waals surface area (Å²) in [7, 11) is 0. The first-order chi connectivity index (χ1) is 16.1. The number of primary amides is 1. The Bertz CT molecular complexity index is 895. The number of nitrogens with two attached hydrogens (primary N) is 2. The maximum absolute atomic E-state index is 13.3. The predicted molar refractivity (Wildman–Crippen MR) is 120 cm³/mol. The molecule has 1 saturated heterocycles. The van der Waals surface area contributed by atoms with Crippen molar-refractivity contribution in [3.63, 3.8) is 0 Å². The van der Waals surface area contributed by atoms with Gasteiger partial charge in [0.25, 0.3) is 0 Å². The lowest BCUT2D eigenvalue weighted by atomic mass is 10.0. The van der Waals surface area contributed by atoms with Crippen molar-refractivity contribution in [2.75, 3.05) is 13.2 Å². The van der Waals surface area contributed by atoms with Crippen molar-refractivity contribution in [1.82, 2.24) is 15.5 Å². The van der Waals surface area contributed by atoms with E-state index in [1.165, 1.54) is 4.90 Å². The fourth-order valence-electron chi connectivity index (χ4n) is 3.73. The van der Waals surface area contributed by atoms with Crippen molar-refractivity contribution < 1.29 is 34.2 Å². The number of carbonyl (C=O) groups excluding carboxylic acids is 4. The van der Waals surface area contributed by atoms with Crippen molar-refractivity contribution in [3.05, 3.63) is 35.9 Å². The van der Waals surface area contributed by atoms with E-state index in [2.05, 4.69) is 10.6 Å². The van der Waals surface area contributed by atoms with Gasteiger partial charge in [0.15, 0.2) is 0 Å². The quantitative estimate of drug-likeness (QED) is 0.195. The van der Waals surface area contributed by atoms with Crippen LogP contribution in [-0.4, -0.2) is 82.0 Å². The molecule has 4 atom stereocenters. The minimum atomic E-state index is -1.29. The fourth-order valence-corrected chi connectivity index (χ4v) is 3.73. The number of aliphatic hydroxyl groups is 1. The minimum Gasteiger partial charge on any atom is -0.480 e. The van der Waals surface area contributed by atoms with Crippen LogP contribution >= 0.6 is 0 Å². The molecule has 186 valence electrons. The maximum atomic E-state index is 13.3. The van der Waals surface area contributed by atoms with E-state index >= 15 is 0 Å². The van der Waals surface area contributed by atoms with Gasteiger partial charge in [-0.15, -0.1) is 0 Å². The van der Waals surface area contributed by atoms with Gasteiger partial charge in [0.05, 0.1) is 6.61 Å². The van der Waals surface area contributed by atoms with E-state index in [9.17, 15) is 29.1 Å². The van der Waals surface area contributed by atoms with Crippen LogP contribution in [0.25, 0.3) is 0 Å². The number of amides is 4. The Morgan fingerprint density at radius 2 is 1.71 bits per heavy atom. The molecular formula is C22H31N5O7. The lowest BCUT2D eigenvalue weighted by molar-refractivity contribution is -0.149. The van der Waals surface area contributed by atoms with E-state index in [0.29, 0.717) is 12.8 Å². The number of rotatable bonds is 12. The van der Waals surface area contributed by atoms with E-state index < -0.39 is 60.4 Å². The number of nitrogens with zero attached hydrogens (tertiary/aromatic N) is 1. The van der Waals surface area contributed by atoms with E-state index in [4.69, 9.17) is 16.6 Å². The summed E-state index contributed by atoms with van der Waals surface area (Å²) in [5.41, 5.74) is 11.4. The van der Waals surface area contributed by atoms with Crippen molar-refractivity contribution in [3.8, 4) is 0 Å². The van der Waals surface area contributed by atoms with Crippen LogP contribution in [0.1, 0.15) is 31.2 Å². The lowest BCUT2D eigenvalue weighted by Gasteiger charge is -2.29. The summed E-state index contributed by atoms with van der Waals surface area (Å²) in [6.07, 6.45) is 0.533. The molecule has 0 aromatic heterocycles. The number of benzene rings is 1. The second kappa shape index (κ2) is 12.7. The molecule has 1 fully saturated rings. The standard InChI is InChI=1S/C22H31N5O7/c23-14(12-28)19(30)25-15(8-9-18(24)29)20(31)26-16(11-13-5-2-1-3-6-13)21(32)27-10-4-7-17(27)22(33)34/h1-3,5-6,14-17,28H,4,7-12,23H2,(H2,24,29)(H,25,30)(H,26,31)(H,33,34). The molecule has 0 radical (unpaired) electrons. The Hall–Kier alpha value is -3.51. The van der Waals surface area contributed by atoms with Crippen LogP contribution in [0, 0.1) is 0 Å². The molecule has 1 aliphatic heterocycles. The van der Waals surface area contributed by atoms with Gasteiger partial charge < -0.3 is 37.2 Å². The van der Waals surface area contributed by atoms with Gasteiger partial charge >= 0.3 is 5.97 Å². The van der Waals surface area contributed by atoms with Crippen LogP contribution < -0.4 is 22.1 Å². The monoisotopic (exact) mass is 477 g/mol. The third-order valence-corrected chi connectivity index (χ3v) is 5.56. The predicted octanol–water partition coefficient (Wildman–Crippen LogP) is -2.14. The molecule has 12 heteroatoms. The average Bonchev–Trinajstić information content (AvgIpc) is 3.31. The Morgan fingerprint density at radius 3 is 2.29 bits per heavy atom. The third kappa shape index (κ3) is 7.52. The highest BCUT2D eigenvalue weighted by Gasteiger charge is 2.38. The number of carboxylic acids is 1. The Balaban J connectivity index is 2.25. The largest absolute Gasteiger partial charge is 0.480 e. The molecule has 4 amide bonds. The Labute approximate surface area is 196 Å². The SMILES string of the molecule is NC(=O)CCC(NC(=O)C(N)CO)C(=O)NC(Cc1ccccc1)C(=O)N1CCCC1C(=O)O. The second-order valence-electron chi connectivity index (χ2n) is 8.13. The van der Waals surface area contributed by atoms with E-state index in [0.717, 1.165) is 5.56 Å². The Morgan fingerprint density at radius 1 is 1.06 bits per heavy atom. The summed E-state index contributed by atoms with van der Waals surface area (Å²) in [4.78, 5) is 62.6. The summed E-state index contributed by atoms with van der Waals surface area (Å²) < 4.78 is 0. The number of likely N-dealkylation sites (tertiary alicyclic amines) is 1. The van der Waals surface area contributed by atoms with Crippen molar-refractivity contribution in [2.45, 2.75) is 56.3 Å². The molecule has 4 unspecified atom stereocenters. The fraction of sp³-hybridized carbons (Fsp3) is 0.500. The second-order valence-corrected chi connectivity index (χ2v) is 8.13. The number of aliphatic hydroxyl groups excluding tert-OH is 1. The highest BCUT2D eigenvalue weighted by molar-refractivity contribution is 5.94. The first kappa shape index (κ1) is 26.7. The number of hydrogen-bond acceptors (Lipinski definition) is 7. The minimum absolute atomic E-state index is 0.0842. The lowest BCUT2D eigenvalue weighted by Crippen LogP contribution is -2.58. The van der Waals surface area contributed by atoms with Gasteiger partial charge in [-0.2, -0.15) is 0 Å². The topological polar surface area (TPSA) is 205 Å². The van der Waals surface area contributed by atoms with E-state index in [1.807, 2.05) is 0 Å². The zero-order valence-electron chi connectivity index (χ0n) is 18.7. The number of carboxylic acid groups (broad SMARTS) is 1. The molecule has 1 aromatic rings. The van der Waals surface area contributed by atoms with Crippen LogP contribution in [0.4, 0.5) is 0 Å². The van der Waals surface area contributed by atoms with E-state index in [1.54, 1.807) is 30.3 Å². The highest BCUT2D eigenvalue weighted by Crippen LogP contribution is 2.20. The third-order valence-electron chi connectivity index (χ3n) is 5.56. The zero-order valence-corrected chi connectivity index (χ0v) is 18.7. The molecule has 0 aliphatic carbocycles. The molecule has 34 heavy (non-hydrogen) atoms.